The highest BCUT2D eigenvalue weighted by molar-refractivity contribution is 8.08. The second-order valence-corrected chi connectivity index (χ2v) is 6.63. The number of carbonyl (C=O) groups excluding carboxylic acids is 1. The van der Waals surface area contributed by atoms with Crippen LogP contribution in [0.1, 0.15) is 20.8 Å². The molecule has 0 bridgehead atoms. The summed E-state index contributed by atoms with van der Waals surface area (Å²) in [7, 11) is 3.97. The van der Waals surface area contributed by atoms with Crippen LogP contribution in [-0.4, -0.2) is 58.8 Å². The maximum atomic E-state index is 11.6. The van der Waals surface area contributed by atoms with Crippen molar-refractivity contribution in [2.45, 2.75) is 43.0 Å². The Morgan fingerprint density at radius 2 is 2.12 bits per heavy atom. The molecule has 16 heavy (non-hydrogen) atoms. The number of aliphatic hydroxyl groups excluding tert-OH is 1. The van der Waals surface area contributed by atoms with Gasteiger partial charge in [-0.1, -0.05) is 0 Å². The third-order valence-electron chi connectivity index (χ3n) is 2.63. The summed E-state index contributed by atoms with van der Waals surface area (Å²) in [6.07, 6.45) is -1.20. The molecule has 1 aliphatic rings. The highest BCUT2D eigenvalue weighted by Gasteiger charge is 2.59. The van der Waals surface area contributed by atoms with E-state index in [1.54, 1.807) is 25.6 Å². The second kappa shape index (κ2) is 4.94. The quantitative estimate of drug-likeness (QED) is 0.573. The molecule has 3 atom stereocenters. The summed E-state index contributed by atoms with van der Waals surface area (Å²) in [6, 6.07) is 0. The number of nitrogens with zero attached hydrogens (tertiary/aromatic N) is 1. The number of hydrogen-bond donors (Lipinski definition) is 1. The van der Waals surface area contributed by atoms with E-state index in [9.17, 15) is 9.90 Å². The number of aliphatic hydroxyl groups is 1. The maximum Gasteiger partial charge on any atom is 0.336 e. The minimum absolute atomic E-state index is 0.179. The Hall–Kier alpha value is -0.260. The molecule has 1 fully saturated rings. The molecule has 5 heteroatoms. The van der Waals surface area contributed by atoms with Crippen molar-refractivity contribution < 1.29 is 14.6 Å². The number of hydrogen-bond acceptors (Lipinski definition) is 5. The fourth-order valence-electron chi connectivity index (χ4n) is 1.59. The van der Waals surface area contributed by atoms with Gasteiger partial charge in [-0.05, 0) is 34.9 Å². The number of carbonyl (C=O) groups is 1. The normalized spacial score (nSPS) is 30.6. The third-order valence-corrected chi connectivity index (χ3v) is 4.31. The Morgan fingerprint density at radius 1 is 1.56 bits per heavy atom. The van der Waals surface area contributed by atoms with Gasteiger partial charge in [0.2, 0.25) is 0 Å². The summed E-state index contributed by atoms with van der Waals surface area (Å²) in [4.78, 5) is 13.6. The zero-order chi connectivity index (χ0) is 12.5. The van der Waals surface area contributed by atoms with Crippen LogP contribution in [0.2, 0.25) is 0 Å². The van der Waals surface area contributed by atoms with Crippen LogP contribution >= 0.6 is 11.8 Å². The van der Waals surface area contributed by atoms with E-state index in [4.69, 9.17) is 4.74 Å². The number of esters is 1. The van der Waals surface area contributed by atoms with Crippen LogP contribution in [0.15, 0.2) is 0 Å². The van der Waals surface area contributed by atoms with E-state index in [0.717, 1.165) is 6.54 Å². The minimum atomic E-state index is -1.02. The van der Waals surface area contributed by atoms with Gasteiger partial charge in [-0.2, -0.15) is 0 Å². The Labute approximate surface area is 101 Å². The first-order valence-corrected chi connectivity index (χ1v) is 6.36. The van der Waals surface area contributed by atoms with Crippen molar-refractivity contribution in [2.75, 3.05) is 20.6 Å². The van der Waals surface area contributed by atoms with Crippen molar-refractivity contribution in [1.29, 1.82) is 0 Å². The fourth-order valence-corrected chi connectivity index (χ4v) is 2.94. The first-order chi connectivity index (χ1) is 7.27. The molecule has 1 saturated heterocycles. The third kappa shape index (κ3) is 3.12. The zero-order valence-corrected chi connectivity index (χ0v) is 11.4. The molecule has 94 valence electrons. The van der Waals surface area contributed by atoms with Crippen LogP contribution in [0.4, 0.5) is 0 Å². The van der Waals surface area contributed by atoms with Gasteiger partial charge in [-0.3, -0.25) is 0 Å². The monoisotopic (exact) mass is 247 g/mol. The van der Waals surface area contributed by atoms with E-state index in [-0.39, 0.29) is 10.9 Å². The van der Waals surface area contributed by atoms with Gasteiger partial charge in [0.1, 0.15) is 0 Å². The van der Waals surface area contributed by atoms with Crippen LogP contribution in [0.5, 0.6) is 0 Å². The van der Waals surface area contributed by atoms with Crippen molar-refractivity contribution in [3.8, 4) is 0 Å². The lowest BCUT2D eigenvalue weighted by Gasteiger charge is -2.19. The van der Waals surface area contributed by atoms with E-state index < -0.39 is 12.1 Å². The van der Waals surface area contributed by atoms with Crippen molar-refractivity contribution in [3.63, 3.8) is 0 Å². The standard InChI is InChI=1S/C11H21NO3S/c1-7(2)15-10(14)9(13)11(3)8(16-11)6-12(4)5/h7-9,13H,6H2,1-5H3. The largest absolute Gasteiger partial charge is 0.461 e. The van der Waals surface area contributed by atoms with E-state index in [2.05, 4.69) is 4.90 Å². The summed E-state index contributed by atoms with van der Waals surface area (Å²) in [5, 5.41) is 10.2. The predicted molar refractivity (Wildman–Crippen MR) is 65.6 cm³/mol. The van der Waals surface area contributed by atoms with Gasteiger partial charge in [-0.25, -0.2) is 4.79 Å². The molecule has 0 aromatic rings. The molecule has 1 heterocycles. The van der Waals surface area contributed by atoms with Gasteiger partial charge in [0.05, 0.1) is 10.9 Å². The average molecular weight is 247 g/mol. The molecule has 1 aliphatic heterocycles. The summed E-state index contributed by atoms with van der Waals surface area (Å²) in [5.41, 5.74) is 0. The van der Waals surface area contributed by atoms with Crippen molar-refractivity contribution in [3.05, 3.63) is 0 Å². The fraction of sp³-hybridized carbons (Fsp3) is 0.909. The Kier molecular flexibility index (Phi) is 4.26. The lowest BCUT2D eigenvalue weighted by atomic mass is 10.0. The van der Waals surface area contributed by atoms with Crippen LogP contribution in [0, 0.1) is 0 Å². The highest BCUT2D eigenvalue weighted by atomic mass is 32.2. The lowest BCUT2D eigenvalue weighted by Crippen LogP contribution is -2.40. The number of thioether (sulfide) groups is 1. The second-order valence-electron chi connectivity index (χ2n) is 4.94. The molecule has 0 amide bonds. The molecule has 0 radical (unpaired) electrons. The number of rotatable bonds is 5. The Morgan fingerprint density at radius 3 is 2.56 bits per heavy atom. The SMILES string of the molecule is CC(C)OC(=O)C(O)C1(C)SC1CN(C)C. The average Bonchev–Trinajstić information content (AvgIpc) is 2.74. The van der Waals surface area contributed by atoms with Gasteiger partial charge < -0.3 is 14.7 Å². The van der Waals surface area contributed by atoms with Crippen molar-refractivity contribution in [2.24, 2.45) is 0 Å². The molecular weight excluding hydrogens is 226 g/mol. The van der Waals surface area contributed by atoms with Gasteiger partial charge >= 0.3 is 5.97 Å². The van der Waals surface area contributed by atoms with E-state index in [1.165, 1.54) is 0 Å². The zero-order valence-electron chi connectivity index (χ0n) is 10.6. The van der Waals surface area contributed by atoms with E-state index in [0.29, 0.717) is 5.25 Å². The van der Waals surface area contributed by atoms with Crippen molar-refractivity contribution in [1.82, 2.24) is 4.90 Å². The predicted octanol–water partition coefficient (Wildman–Crippen LogP) is 0.735. The smallest absolute Gasteiger partial charge is 0.336 e. The summed E-state index contributed by atoms with van der Waals surface area (Å²) in [6.45, 7) is 6.35. The molecular formula is C11H21NO3S. The molecule has 0 aromatic heterocycles. The topological polar surface area (TPSA) is 49.8 Å². The highest BCUT2D eigenvalue weighted by Crippen LogP contribution is 2.55. The molecule has 0 saturated carbocycles. The van der Waals surface area contributed by atoms with Crippen LogP contribution < -0.4 is 0 Å². The van der Waals surface area contributed by atoms with E-state index >= 15 is 0 Å². The minimum Gasteiger partial charge on any atom is -0.461 e. The maximum absolute atomic E-state index is 11.6. The molecule has 3 unspecified atom stereocenters. The first-order valence-electron chi connectivity index (χ1n) is 5.48. The van der Waals surface area contributed by atoms with Crippen LogP contribution in [0.25, 0.3) is 0 Å². The Balaban J connectivity index is 2.49. The molecule has 0 aromatic carbocycles. The molecule has 1 N–H and O–H groups in total. The number of ether oxygens (including phenoxy) is 1. The van der Waals surface area contributed by atoms with Crippen LogP contribution in [0.3, 0.4) is 0 Å². The molecule has 0 aliphatic carbocycles. The molecule has 1 rings (SSSR count). The van der Waals surface area contributed by atoms with Gasteiger partial charge in [-0.15, -0.1) is 11.8 Å². The molecule has 0 spiro atoms. The van der Waals surface area contributed by atoms with Crippen LogP contribution in [-0.2, 0) is 9.53 Å². The van der Waals surface area contributed by atoms with Gasteiger partial charge in [0.25, 0.3) is 0 Å². The summed E-state index contributed by atoms with van der Waals surface area (Å²) in [5.74, 6) is -0.508. The first kappa shape index (κ1) is 13.8. The van der Waals surface area contributed by atoms with Gasteiger partial charge in [0.15, 0.2) is 6.10 Å². The molecule has 4 nitrogen and oxygen atoms in total. The summed E-state index contributed by atoms with van der Waals surface area (Å²) < 4.78 is 4.64. The van der Waals surface area contributed by atoms with Crippen molar-refractivity contribution >= 4 is 17.7 Å². The lowest BCUT2D eigenvalue weighted by molar-refractivity contribution is -0.158. The van der Waals surface area contributed by atoms with Gasteiger partial charge in [0, 0.05) is 11.8 Å². The Bertz CT molecular complexity index is 270. The van der Waals surface area contributed by atoms with E-state index in [1.807, 2.05) is 21.0 Å². The summed E-state index contributed by atoms with van der Waals surface area (Å²) >= 11 is 1.64.